The fourth-order valence-electron chi connectivity index (χ4n) is 4.24. The maximum atomic E-state index is 12.9. The third-order valence-corrected chi connectivity index (χ3v) is 5.46. The third kappa shape index (κ3) is 2.28. The number of aromatic nitrogens is 5. The second kappa shape index (κ2) is 5.89. The quantitative estimate of drug-likeness (QED) is 0.733. The van der Waals surface area contributed by atoms with Gasteiger partial charge in [0.1, 0.15) is 0 Å². The molecule has 1 fully saturated rings. The second-order valence-electron chi connectivity index (χ2n) is 7.18. The maximum absolute atomic E-state index is 12.9. The topological polar surface area (TPSA) is 66.2 Å². The molecule has 3 heterocycles. The van der Waals surface area contributed by atoms with Crippen LogP contribution in [0.15, 0.2) is 15.8 Å². The SMILES string of the molecule is CCCn1c(=O)c2c(nc3n(C4CCCCC4)c(C)cn23)n(C)c1=O. The smallest absolute Gasteiger partial charge is 0.311 e. The minimum absolute atomic E-state index is 0.242. The Morgan fingerprint density at radius 3 is 2.60 bits per heavy atom. The van der Waals surface area contributed by atoms with Gasteiger partial charge in [0.05, 0.1) is 0 Å². The molecule has 134 valence electrons. The van der Waals surface area contributed by atoms with Crippen molar-refractivity contribution >= 4 is 16.9 Å². The summed E-state index contributed by atoms with van der Waals surface area (Å²) in [7, 11) is 1.69. The molecule has 0 atom stereocenters. The van der Waals surface area contributed by atoms with Crippen LogP contribution >= 0.6 is 0 Å². The number of hydrogen-bond acceptors (Lipinski definition) is 3. The average molecular weight is 343 g/mol. The first kappa shape index (κ1) is 16.2. The van der Waals surface area contributed by atoms with Crippen LogP contribution in [0.2, 0.25) is 0 Å². The van der Waals surface area contributed by atoms with E-state index in [-0.39, 0.29) is 11.2 Å². The summed E-state index contributed by atoms with van der Waals surface area (Å²) >= 11 is 0. The van der Waals surface area contributed by atoms with Crippen molar-refractivity contribution in [3.05, 3.63) is 32.7 Å². The van der Waals surface area contributed by atoms with E-state index in [1.165, 1.54) is 28.4 Å². The third-order valence-electron chi connectivity index (χ3n) is 5.46. The van der Waals surface area contributed by atoms with Gasteiger partial charge in [-0.2, -0.15) is 4.98 Å². The fraction of sp³-hybridized carbons (Fsp3) is 0.611. The Labute approximate surface area is 145 Å². The molecule has 1 aliphatic rings. The van der Waals surface area contributed by atoms with Crippen molar-refractivity contribution in [3.8, 4) is 0 Å². The van der Waals surface area contributed by atoms with Crippen LogP contribution in [0.3, 0.4) is 0 Å². The summed E-state index contributed by atoms with van der Waals surface area (Å²) in [6.07, 6.45) is 8.78. The zero-order valence-electron chi connectivity index (χ0n) is 15.2. The van der Waals surface area contributed by atoms with E-state index in [4.69, 9.17) is 4.98 Å². The summed E-state index contributed by atoms with van der Waals surface area (Å²) < 4.78 is 6.96. The van der Waals surface area contributed by atoms with Gasteiger partial charge < -0.3 is 4.57 Å². The van der Waals surface area contributed by atoms with E-state index >= 15 is 0 Å². The molecule has 3 aromatic heterocycles. The van der Waals surface area contributed by atoms with E-state index in [1.54, 1.807) is 7.05 Å². The Kier molecular flexibility index (Phi) is 3.81. The molecule has 4 rings (SSSR count). The number of hydrogen-bond donors (Lipinski definition) is 0. The lowest BCUT2D eigenvalue weighted by atomic mass is 9.95. The molecule has 0 saturated heterocycles. The van der Waals surface area contributed by atoms with Gasteiger partial charge >= 0.3 is 5.69 Å². The molecule has 1 saturated carbocycles. The van der Waals surface area contributed by atoms with Gasteiger partial charge in [-0.15, -0.1) is 0 Å². The van der Waals surface area contributed by atoms with Crippen LogP contribution in [-0.4, -0.2) is 23.1 Å². The highest BCUT2D eigenvalue weighted by Crippen LogP contribution is 2.31. The summed E-state index contributed by atoms with van der Waals surface area (Å²) in [5.74, 6) is 0.778. The van der Waals surface area contributed by atoms with Crippen LogP contribution in [0.1, 0.15) is 57.2 Å². The Hall–Kier alpha value is -2.31. The van der Waals surface area contributed by atoms with Gasteiger partial charge in [-0.3, -0.25) is 18.3 Å². The lowest BCUT2D eigenvalue weighted by Crippen LogP contribution is -2.39. The second-order valence-corrected chi connectivity index (χ2v) is 7.18. The van der Waals surface area contributed by atoms with Crippen LogP contribution in [0, 0.1) is 6.92 Å². The summed E-state index contributed by atoms with van der Waals surface area (Å²) in [5, 5.41) is 0. The molecule has 0 aliphatic heterocycles. The van der Waals surface area contributed by atoms with Crippen LogP contribution in [0.4, 0.5) is 0 Å². The molecular weight excluding hydrogens is 318 g/mol. The molecule has 0 N–H and O–H groups in total. The summed E-state index contributed by atoms with van der Waals surface area (Å²) in [4.78, 5) is 30.2. The van der Waals surface area contributed by atoms with Gasteiger partial charge in [0.2, 0.25) is 5.78 Å². The molecule has 0 amide bonds. The standard InChI is InChI=1S/C18H25N5O2/c1-4-10-21-16(24)14-15(20(3)18(21)25)19-17-22(14)11-12(2)23(17)13-8-6-5-7-9-13/h11,13H,4-10H2,1-3H3. The number of aryl methyl sites for hydroxylation is 2. The van der Waals surface area contributed by atoms with Crippen molar-refractivity contribution in [2.45, 2.75) is 65.0 Å². The minimum Gasteiger partial charge on any atom is -0.311 e. The molecule has 0 spiro atoms. The van der Waals surface area contributed by atoms with Gasteiger partial charge in [-0.05, 0) is 26.2 Å². The van der Waals surface area contributed by atoms with Crippen molar-refractivity contribution in [1.82, 2.24) is 23.1 Å². The number of nitrogens with zero attached hydrogens (tertiary/aromatic N) is 5. The van der Waals surface area contributed by atoms with Crippen LogP contribution in [0.25, 0.3) is 16.9 Å². The molecule has 7 nitrogen and oxygen atoms in total. The Morgan fingerprint density at radius 1 is 1.20 bits per heavy atom. The molecule has 0 radical (unpaired) electrons. The molecule has 0 bridgehead atoms. The van der Waals surface area contributed by atoms with Crippen molar-refractivity contribution < 1.29 is 0 Å². The molecule has 3 aromatic rings. The van der Waals surface area contributed by atoms with Gasteiger partial charge in [0, 0.05) is 31.5 Å². The number of rotatable bonds is 3. The fourth-order valence-corrected chi connectivity index (χ4v) is 4.24. The van der Waals surface area contributed by atoms with Gasteiger partial charge in [-0.1, -0.05) is 26.2 Å². The van der Waals surface area contributed by atoms with E-state index in [1.807, 2.05) is 17.5 Å². The highest BCUT2D eigenvalue weighted by atomic mass is 16.2. The molecular formula is C18H25N5O2. The number of fused-ring (bicyclic) bond motifs is 3. The highest BCUT2D eigenvalue weighted by Gasteiger charge is 2.24. The molecule has 0 aromatic carbocycles. The van der Waals surface area contributed by atoms with E-state index in [9.17, 15) is 9.59 Å². The van der Waals surface area contributed by atoms with Crippen LogP contribution in [-0.2, 0) is 13.6 Å². The predicted molar refractivity (Wildman–Crippen MR) is 97.3 cm³/mol. The van der Waals surface area contributed by atoms with Gasteiger partial charge in [-0.25, -0.2) is 4.79 Å². The van der Waals surface area contributed by atoms with E-state index < -0.39 is 0 Å². The lowest BCUT2D eigenvalue weighted by molar-refractivity contribution is 0.355. The monoisotopic (exact) mass is 343 g/mol. The van der Waals surface area contributed by atoms with E-state index in [0.717, 1.165) is 30.7 Å². The lowest BCUT2D eigenvalue weighted by Gasteiger charge is -2.24. The van der Waals surface area contributed by atoms with Crippen LogP contribution in [0.5, 0.6) is 0 Å². The average Bonchev–Trinajstić information content (AvgIpc) is 3.12. The van der Waals surface area contributed by atoms with Crippen molar-refractivity contribution in [1.29, 1.82) is 0 Å². The van der Waals surface area contributed by atoms with Gasteiger partial charge in [0.15, 0.2) is 11.2 Å². The summed E-state index contributed by atoms with van der Waals surface area (Å²) in [6, 6.07) is 0.429. The van der Waals surface area contributed by atoms with E-state index in [2.05, 4.69) is 11.5 Å². The first-order valence-corrected chi connectivity index (χ1v) is 9.24. The normalized spacial score (nSPS) is 16.3. The van der Waals surface area contributed by atoms with Crippen molar-refractivity contribution in [2.24, 2.45) is 7.05 Å². The zero-order valence-corrected chi connectivity index (χ0v) is 15.2. The largest absolute Gasteiger partial charge is 0.332 e. The zero-order chi connectivity index (χ0) is 17.7. The first-order chi connectivity index (χ1) is 12.0. The van der Waals surface area contributed by atoms with Gasteiger partial charge in [0.25, 0.3) is 5.56 Å². The minimum atomic E-state index is -0.291. The van der Waals surface area contributed by atoms with E-state index in [0.29, 0.717) is 23.8 Å². The highest BCUT2D eigenvalue weighted by molar-refractivity contribution is 5.75. The summed E-state index contributed by atoms with van der Waals surface area (Å²) in [5.41, 5.74) is 1.56. The summed E-state index contributed by atoms with van der Waals surface area (Å²) in [6.45, 7) is 4.46. The Bertz CT molecular complexity index is 1060. The molecule has 7 heteroatoms. The van der Waals surface area contributed by atoms with Crippen LogP contribution < -0.4 is 11.2 Å². The molecule has 1 aliphatic carbocycles. The molecule has 0 unspecified atom stereocenters. The van der Waals surface area contributed by atoms with Crippen molar-refractivity contribution in [2.75, 3.05) is 0 Å². The van der Waals surface area contributed by atoms with Crippen molar-refractivity contribution in [3.63, 3.8) is 0 Å². The Balaban J connectivity index is 2.05. The maximum Gasteiger partial charge on any atom is 0.332 e. The predicted octanol–water partition coefficient (Wildman–Crippen LogP) is 2.37. The first-order valence-electron chi connectivity index (χ1n) is 9.24. The Morgan fingerprint density at radius 2 is 1.92 bits per heavy atom. The number of imidazole rings is 2. The molecule has 25 heavy (non-hydrogen) atoms.